The summed E-state index contributed by atoms with van der Waals surface area (Å²) in [6, 6.07) is 6.52. The van der Waals surface area contributed by atoms with E-state index in [2.05, 4.69) is 10.5 Å². The number of benzene rings is 1. The average molecular weight is 318 g/mol. The van der Waals surface area contributed by atoms with Gasteiger partial charge in [0.1, 0.15) is 17.6 Å². The van der Waals surface area contributed by atoms with Crippen LogP contribution in [-0.4, -0.2) is 33.3 Å². The Kier molecular flexibility index (Phi) is 5.00. The number of carboxylic acids is 1. The summed E-state index contributed by atoms with van der Waals surface area (Å²) in [7, 11) is 0. The third-order valence-electron chi connectivity index (χ3n) is 3.31. The van der Waals surface area contributed by atoms with Crippen LogP contribution in [0.25, 0.3) is 0 Å². The molecule has 1 aromatic carbocycles. The highest BCUT2D eigenvalue weighted by atomic mass is 16.5. The van der Waals surface area contributed by atoms with Crippen molar-refractivity contribution < 1.29 is 24.3 Å². The highest BCUT2D eigenvalue weighted by Crippen LogP contribution is 2.15. The van der Waals surface area contributed by atoms with Gasteiger partial charge in [-0.1, -0.05) is 31.1 Å². The van der Waals surface area contributed by atoms with E-state index in [1.165, 1.54) is 18.2 Å². The number of phenolic OH excluding ortho intramolecular Hbond substituents is 1. The van der Waals surface area contributed by atoms with E-state index in [9.17, 15) is 19.8 Å². The van der Waals surface area contributed by atoms with Crippen LogP contribution in [-0.2, 0) is 11.2 Å². The molecule has 0 saturated heterocycles. The van der Waals surface area contributed by atoms with Gasteiger partial charge < -0.3 is 20.1 Å². The number of phenols is 1. The lowest BCUT2D eigenvalue weighted by molar-refractivity contribution is -0.139. The van der Waals surface area contributed by atoms with E-state index in [4.69, 9.17) is 4.52 Å². The predicted octanol–water partition coefficient (Wildman–Crippen LogP) is 1.93. The van der Waals surface area contributed by atoms with Crippen LogP contribution in [0.4, 0.5) is 0 Å². The number of rotatable bonds is 6. The minimum Gasteiger partial charge on any atom is -0.508 e. The van der Waals surface area contributed by atoms with Crippen LogP contribution in [0.1, 0.15) is 41.6 Å². The van der Waals surface area contributed by atoms with Gasteiger partial charge in [0.15, 0.2) is 5.69 Å². The number of aliphatic carboxylic acids is 1. The molecule has 2 aromatic rings. The zero-order chi connectivity index (χ0) is 17.0. The maximum atomic E-state index is 12.1. The number of aromatic nitrogens is 1. The molecular formula is C16H18N2O5. The second-order valence-electron chi connectivity index (χ2n) is 5.50. The van der Waals surface area contributed by atoms with Crippen molar-refractivity contribution >= 4 is 11.9 Å². The van der Waals surface area contributed by atoms with Crippen LogP contribution in [0.3, 0.4) is 0 Å². The summed E-state index contributed by atoms with van der Waals surface area (Å²) in [5, 5.41) is 24.6. The molecule has 0 aliphatic heterocycles. The molecule has 7 nitrogen and oxygen atoms in total. The summed E-state index contributed by atoms with van der Waals surface area (Å²) in [5.41, 5.74) is 0.726. The summed E-state index contributed by atoms with van der Waals surface area (Å²) in [5.74, 6) is -1.03. The van der Waals surface area contributed by atoms with Crippen LogP contribution in [0.5, 0.6) is 5.75 Å². The molecule has 7 heteroatoms. The Morgan fingerprint density at radius 3 is 2.43 bits per heavy atom. The molecule has 1 amide bonds. The lowest BCUT2D eigenvalue weighted by Crippen LogP contribution is -2.42. The molecule has 0 spiro atoms. The Bertz CT molecular complexity index is 691. The monoisotopic (exact) mass is 318 g/mol. The minimum absolute atomic E-state index is 0.0469. The molecule has 0 aliphatic rings. The van der Waals surface area contributed by atoms with E-state index < -0.39 is 17.9 Å². The molecule has 1 aromatic heterocycles. The Morgan fingerprint density at radius 1 is 1.26 bits per heavy atom. The Balaban J connectivity index is 2.07. The number of hydrogen-bond acceptors (Lipinski definition) is 5. The van der Waals surface area contributed by atoms with Gasteiger partial charge in [-0.15, -0.1) is 0 Å². The van der Waals surface area contributed by atoms with Crippen molar-refractivity contribution in [3.63, 3.8) is 0 Å². The van der Waals surface area contributed by atoms with Gasteiger partial charge in [0.2, 0.25) is 0 Å². The van der Waals surface area contributed by atoms with E-state index in [-0.39, 0.29) is 23.8 Å². The van der Waals surface area contributed by atoms with Gasteiger partial charge in [-0.05, 0) is 17.7 Å². The second-order valence-corrected chi connectivity index (χ2v) is 5.50. The summed E-state index contributed by atoms with van der Waals surface area (Å²) in [4.78, 5) is 23.4. The Labute approximate surface area is 132 Å². The summed E-state index contributed by atoms with van der Waals surface area (Å²) in [6.45, 7) is 3.79. The third-order valence-corrected chi connectivity index (χ3v) is 3.31. The van der Waals surface area contributed by atoms with Crippen molar-refractivity contribution in [1.82, 2.24) is 10.5 Å². The first-order valence-corrected chi connectivity index (χ1v) is 7.15. The lowest BCUT2D eigenvalue weighted by Gasteiger charge is -2.13. The largest absolute Gasteiger partial charge is 0.508 e. The molecule has 0 bridgehead atoms. The van der Waals surface area contributed by atoms with Gasteiger partial charge in [0.05, 0.1) is 0 Å². The third kappa shape index (κ3) is 4.32. The first kappa shape index (κ1) is 16.5. The van der Waals surface area contributed by atoms with Crippen molar-refractivity contribution in [1.29, 1.82) is 0 Å². The number of carboxylic acid groups (broad SMARTS) is 1. The van der Waals surface area contributed by atoms with E-state index >= 15 is 0 Å². The normalized spacial score (nSPS) is 12.1. The number of nitrogens with zero attached hydrogens (tertiary/aromatic N) is 1. The first-order chi connectivity index (χ1) is 10.9. The maximum absolute atomic E-state index is 12.1. The quantitative estimate of drug-likeness (QED) is 0.750. The second kappa shape index (κ2) is 6.95. The fraction of sp³-hybridized carbons (Fsp3) is 0.312. The Morgan fingerprint density at radius 2 is 1.91 bits per heavy atom. The fourth-order valence-electron chi connectivity index (χ4n) is 1.97. The van der Waals surface area contributed by atoms with E-state index in [0.717, 1.165) is 0 Å². The van der Waals surface area contributed by atoms with Crippen LogP contribution in [0.15, 0.2) is 34.9 Å². The molecule has 0 unspecified atom stereocenters. The highest BCUT2D eigenvalue weighted by molar-refractivity contribution is 5.95. The standard InChI is InChI=1S/C16H18N2O5/c1-9(2)14-8-12(18-23-14)15(20)17-13(16(21)22)7-10-3-5-11(19)6-4-10/h3-6,8-9,13,19H,7H2,1-2H3,(H,17,20)(H,21,22)/t13-/m0/s1. The van der Waals surface area contributed by atoms with E-state index in [0.29, 0.717) is 11.3 Å². The molecule has 0 fully saturated rings. The smallest absolute Gasteiger partial charge is 0.326 e. The lowest BCUT2D eigenvalue weighted by atomic mass is 10.1. The van der Waals surface area contributed by atoms with Gasteiger partial charge >= 0.3 is 5.97 Å². The number of hydrogen-bond donors (Lipinski definition) is 3. The van der Waals surface area contributed by atoms with Gasteiger partial charge in [0.25, 0.3) is 5.91 Å². The number of aromatic hydroxyl groups is 1. The molecule has 0 aliphatic carbocycles. The molecule has 0 radical (unpaired) electrons. The van der Waals surface area contributed by atoms with Crippen LogP contribution in [0, 0.1) is 0 Å². The van der Waals surface area contributed by atoms with Gasteiger partial charge in [-0.2, -0.15) is 0 Å². The molecule has 0 saturated carbocycles. The van der Waals surface area contributed by atoms with Crippen molar-refractivity contribution in [2.75, 3.05) is 0 Å². The number of nitrogens with one attached hydrogen (secondary N) is 1. The number of carbonyl (C=O) groups is 2. The van der Waals surface area contributed by atoms with E-state index in [1.54, 1.807) is 12.1 Å². The molecule has 1 heterocycles. The van der Waals surface area contributed by atoms with E-state index in [1.807, 2.05) is 13.8 Å². The average Bonchev–Trinajstić information content (AvgIpc) is 2.98. The van der Waals surface area contributed by atoms with Crippen molar-refractivity contribution in [2.24, 2.45) is 0 Å². The number of amides is 1. The molecular weight excluding hydrogens is 300 g/mol. The van der Waals surface area contributed by atoms with Crippen molar-refractivity contribution in [3.8, 4) is 5.75 Å². The molecule has 122 valence electrons. The molecule has 2 rings (SSSR count). The molecule has 23 heavy (non-hydrogen) atoms. The van der Waals surface area contributed by atoms with Crippen molar-refractivity contribution in [3.05, 3.63) is 47.3 Å². The summed E-state index contributed by atoms with van der Waals surface area (Å²) >= 11 is 0. The minimum atomic E-state index is -1.15. The Hall–Kier alpha value is -2.83. The number of carbonyl (C=O) groups excluding carboxylic acids is 1. The SMILES string of the molecule is CC(C)c1cc(C(=O)N[C@@H](Cc2ccc(O)cc2)C(=O)O)no1. The van der Waals surface area contributed by atoms with Crippen molar-refractivity contribution in [2.45, 2.75) is 32.2 Å². The van der Waals surface area contributed by atoms with Crippen LogP contribution < -0.4 is 5.32 Å². The fourth-order valence-corrected chi connectivity index (χ4v) is 1.97. The van der Waals surface area contributed by atoms with Gasteiger partial charge in [-0.25, -0.2) is 4.79 Å². The first-order valence-electron chi connectivity index (χ1n) is 7.15. The zero-order valence-electron chi connectivity index (χ0n) is 12.8. The van der Waals surface area contributed by atoms with Gasteiger partial charge in [-0.3, -0.25) is 4.79 Å². The zero-order valence-corrected chi connectivity index (χ0v) is 12.8. The summed E-state index contributed by atoms with van der Waals surface area (Å²) < 4.78 is 5.03. The highest BCUT2D eigenvalue weighted by Gasteiger charge is 2.23. The predicted molar refractivity (Wildman–Crippen MR) is 81.3 cm³/mol. The molecule has 1 atom stereocenters. The maximum Gasteiger partial charge on any atom is 0.326 e. The summed E-state index contributed by atoms with van der Waals surface area (Å²) in [6.07, 6.45) is 0.0935. The van der Waals surface area contributed by atoms with Crippen LogP contribution in [0.2, 0.25) is 0 Å². The van der Waals surface area contributed by atoms with Crippen LogP contribution >= 0.6 is 0 Å². The topological polar surface area (TPSA) is 113 Å². The van der Waals surface area contributed by atoms with Gasteiger partial charge in [0, 0.05) is 18.4 Å². The molecule has 3 N–H and O–H groups in total.